The zero-order valence-corrected chi connectivity index (χ0v) is 10.2. The molecule has 0 aliphatic rings. The molecule has 0 bridgehead atoms. The Hall–Kier alpha value is -0.900. The summed E-state index contributed by atoms with van der Waals surface area (Å²) in [5, 5.41) is 9.32. The Balaban J connectivity index is 3.60. The first-order valence-electron chi connectivity index (χ1n) is 3.67. The highest BCUT2D eigenvalue weighted by Gasteiger charge is 2.30. The van der Waals surface area contributed by atoms with Gasteiger partial charge in [-0.2, -0.15) is 0 Å². The van der Waals surface area contributed by atoms with Crippen LogP contribution >= 0.6 is 34.2 Å². The molecule has 1 heterocycles. The number of hydrogen-bond acceptors (Lipinski definition) is 4. The molecular weight excluding hydrogens is 360 g/mol. The minimum Gasteiger partial charge on any atom is -0.358 e. The highest BCUT2D eigenvalue weighted by Crippen LogP contribution is 2.32. The lowest BCUT2D eigenvalue weighted by Gasteiger charge is -2.05. The van der Waals surface area contributed by atoms with Crippen LogP contribution in [-0.2, 0) is 0 Å². The molecular formula is C7H2ClF2IN2O3. The Morgan fingerprint density at radius 3 is 2.56 bits per heavy atom. The summed E-state index contributed by atoms with van der Waals surface area (Å²) in [4.78, 5) is 23.6. The summed E-state index contributed by atoms with van der Waals surface area (Å²) in [6.07, 6.45) is -3.19. The fraction of sp³-hybridized carbons (Fsp3) is 0.143. The SMILES string of the molecule is O=C(Cl)c1cc(I)nc([N+](=O)[O-])c1C(F)F. The highest BCUT2D eigenvalue weighted by molar-refractivity contribution is 14.1. The van der Waals surface area contributed by atoms with Gasteiger partial charge in [0, 0.05) is 28.7 Å². The number of carbonyl (C=O) groups is 1. The molecule has 0 radical (unpaired) electrons. The van der Waals surface area contributed by atoms with Gasteiger partial charge in [-0.25, -0.2) is 8.78 Å². The zero-order valence-electron chi connectivity index (χ0n) is 7.29. The van der Waals surface area contributed by atoms with Gasteiger partial charge < -0.3 is 10.1 Å². The summed E-state index contributed by atoms with van der Waals surface area (Å²) in [6, 6.07) is 0.977. The van der Waals surface area contributed by atoms with Crippen LogP contribution in [0.2, 0.25) is 0 Å². The minimum atomic E-state index is -3.19. The van der Waals surface area contributed by atoms with Crippen LogP contribution < -0.4 is 0 Å². The van der Waals surface area contributed by atoms with Crippen LogP contribution in [0.25, 0.3) is 0 Å². The van der Waals surface area contributed by atoms with Crippen molar-refractivity contribution in [2.75, 3.05) is 0 Å². The molecule has 0 unspecified atom stereocenters. The van der Waals surface area contributed by atoms with E-state index in [1.807, 2.05) is 0 Å². The van der Waals surface area contributed by atoms with E-state index in [0.29, 0.717) is 0 Å². The van der Waals surface area contributed by atoms with E-state index in [4.69, 9.17) is 11.6 Å². The largest absolute Gasteiger partial charge is 0.374 e. The van der Waals surface area contributed by atoms with Gasteiger partial charge in [0.2, 0.25) is 3.70 Å². The Kier molecular flexibility index (Phi) is 4.08. The van der Waals surface area contributed by atoms with Gasteiger partial charge >= 0.3 is 5.82 Å². The van der Waals surface area contributed by atoms with E-state index in [-0.39, 0.29) is 3.70 Å². The lowest BCUT2D eigenvalue weighted by atomic mass is 10.1. The average molecular weight is 362 g/mol. The third kappa shape index (κ3) is 2.61. The standard InChI is InChI=1S/C7H2ClF2IN2O3/c8-5(14)2-1-3(11)12-7(13(15)16)4(2)6(9)10/h1,6H. The number of nitro groups is 1. The molecule has 1 aromatic rings. The molecule has 0 saturated carbocycles. The molecule has 0 saturated heterocycles. The zero-order chi connectivity index (χ0) is 12.5. The summed E-state index contributed by atoms with van der Waals surface area (Å²) in [5.41, 5.74) is -1.65. The molecule has 0 atom stereocenters. The summed E-state index contributed by atoms with van der Waals surface area (Å²) >= 11 is 6.64. The van der Waals surface area contributed by atoms with Crippen molar-refractivity contribution >= 4 is 45.3 Å². The number of halogens is 4. The number of pyridine rings is 1. The van der Waals surface area contributed by atoms with Crippen molar-refractivity contribution in [2.45, 2.75) is 6.43 Å². The quantitative estimate of drug-likeness (QED) is 0.272. The van der Waals surface area contributed by atoms with Gasteiger partial charge in [-0.1, -0.05) is 0 Å². The first kappa shape index (κ1) is 13.2. The Labute approximate surface area is 106 Å². The maximum Gasteiger partial charge on any atom is 0.374 e. The molecule has 16 heavy (non-hydrogen) atoms. The molecule has 0 aromatic carbocycles. The molecule has 9 heteroatoms. The lowest BCUT2D eigenvalue weighted by molar-refractivity contribution is -0.391. The number of aromatic nitrogens is 1. The van der Waals surface area contributed by atoms with Crippen LogP contribution in [0.1, 0.15) is 22.3 Å². The maximum atomic E-state index is 12.6. The van der Waals surface area contributed by atoms with E-state index in [1.165, 1.54) is 0 Å². The van der Waals surface area contributed by atoms with Gasteiger partial charge in [0.05, 0.1) is 5.56 Å². The van der Waals surface area contributed by atoms with E-state index >= 15 is 0 Å². The van der Waals surface area contributed by atoms with Crippen molar-refractivity contribution in [1.82, 2.24) is 4.98 Å². The predicted octanol–water partition coefficient (Wildman–Crippen LogP) is 2.91. The Bertz CT molecular complexity index is 434. The van der Waals surface area contributed by atoms with Crippen LogP contribution in [-0.4, -0.2) is 15.1 Å². The fourth-order valence-corrected chi connectivity index (χ4v) is 1.72. The van der Waals surface area contributed by atoms with Gasteiger partial charge in [0.25, 0.3) is 11.7 Å². The second-order valence-corrected chi connectivity index (χ2v) is 4.01. The van der Waals surface area contributed by atoms with Gasteiger partial charge in [-0.15, -0.1) is 0 Å². The second kappa shape index (κ2) is 4.95. The average Bonchev–Trinajstić information content (AvgIpc) is 2.15. The third-order valence-corrected chi connectivity index (χ3v) is 2.37. The smallest absolute Gasteiger partial charge is 0.358 e. The van der Waals surface area contributed by atoms with Gasteiger partial charge in [0.15, 0.2) is 0 Å². The van der Waals surface area contributed by atoms with Gasteiger partial charge in [-0.05, 0) is 21.5 Å². The molecule has 0 fully saturated rings. The first-order chi connectivity index (χ1) is 7.34. The van der Waals surface area contributed by atoms with Gasteiger partial charge in [0.1, 0.15) is 5.56 Å². The number of nitrogens with zero attached hydrogens (tertiary/aromatic N) is 2. The topological polar surface area (TPSA) is 73.1 Å². The molecule has 0 spiro atoms. The molecule has 0 amide bonds. The monoisotopic (exact) mass is 362 g/mol. The number of rotatable bonds is 3. The summed E-state index contributed by atoms with van der Waals surface area (Å²) in [6.45, 7) is 0. The number of hydrogen-bond donors (Lipinski definition) is 0. The van der Waals surface area contributed by atoms with Crippen molar-refractivity contribution in [3.63, 3.8) is 0 Å². The van der Waals surface area contributed by atoms with Crippen LogP contribution in [0.5, 0.6) is 0 Å². The van der Waals surface area contributed by atoms with Gasteiger partial charge in [-0.3, -0.25) is 4.79 Å². The molecule has 86 valence electrons. The minimum absolute atomic E-state index is 0.0395. The predicted molar refractivity (Wildman–Crippen MR) is 58.7 cm³/mol. The van der Waals surface area contributed by atoms with Crippen molar-refractivity contribution < 1.29 is 18.5 Å². The second-order valence-electron chi connectivity index (χ2n) is 2.56. The van der Waals surface area contributed by atoms with Crippen LogP contribution in [0.3, 0.4) is 0 Å². The fourth-order valence-electron chi connectivity index (χ4n) is 1.03. The van der Waals surface area contributed by atoms with Crippen molar-refractivity contribution in [1.29, 1.82) is 0 Å². The van der Waals surface area contributed by atoms with E-state index in [2.05, 4.69) is 4.98 Å². The van der Waals surface area contributed by atoms with Crippen molar-refractivity contribution in [3.8, 4) is 0 Å². The number of alkyl halides is 2. The molecule has 5 nitrogen and oxygen atoms in total. The first-order valence-corrected chi connectivity index (χ1v) is 5.13. The molecule has 1 rings (SSSR count). The van der Waals surface area contributed by atoms with Crippen LogP contribution in [0.15, 0.2) is 6.07 Å². The summed E-state index contributed by atoms with van der Waals surface area (Å²) in [5.74, 6) is -1.05. The normalized spacial score (nSPS) is 10.6. The Morgan fingerprint density at radius 1 is 1.62 bits per heavy atom. The van der Waals surface area contributed by atoms with E-state index in [1.54, 1.807) is 22.6 Å². The molecule has 1 aromatic heterocycles. The third-order valence-electron chi connectivity index (χ3n) is 1.61. The number of carbonyl (C=O) groups excluding carboxylic acids is 1. The van der Waals surface area contributed by atoms with Crippen LogP contribution in [0.4, 0.5) is 14.6 Å². The summed E-state index contributed by atoms with van der Waals surface area (Å²) < 4.78 is 25.2. The molecule has 0 aliphatic carbocycles. The van der Waals surface area contributed by atoms with Crippen molar-refractivity contribution in [3.05, 3.63) is 31.0 Å². The highest BCUT2D eigenvalue weighted by atomic mass is 127. The van der Waals surface area contributed by atoms with Crippen LogP contribution in [0, 0.1) is 13.8 Å². The summed E-state index contributed by atoms with van der Waals surface area (Å²) in [7, 11) is 0. The van der Waals surface area contributed by atoms with Crippen molar-refractivity contribution in [2.24, 2.45) is 0 Å². The lowest BCUT2D eigenvalue weighted by Crippen LogP contribution is -2.07. The van der Waals surface area contributed by atoms with E-state index in [0.717, 1.165) is 6.07 Å². The molecule has 0 N–H and O–H groups in total. The maximum absolute atomic E-state index is 12.6. The van der Waals surface area contributed by atoms with E-state index in [9.17, 15) is 23.7 Å². The van der Waals surface area contributed by atoms with E-state index < -0.39 is 33.5 Å². The molecule has 0 aliphatic heterocycles. The Morgan fingerprint density at radius 2 is 2.19 bits per heavy atom.